The highest BCUT2D eigenvalue weighted by molar-refractivity contribution is 6.91. The number of amides is 2. The number of hydrogen-bond donors (Lipinski definition) is 3. The maximum atomic E-state index is 14.4. The Morgan fingerprint density at radius 3 is 2.39 bits per heavy atom. The molecule has 4 heterocycles. The van der Waals surface area contributed by atoms with Crippen molar-refractivity contribution in [2.45, 2.75) is 62.1 Å². The minimum absolute atomic E-state index is 0.0277. The van der Waals surface area contributed by atoms with E-state index in [4.69, 9.17) is 9.47 Å². The minimum atomic E-state index is -2.26. The van der Waals surface area contributed by atoms with Crippen molar-refractivity contribution in [2.24, 2.45) is 5.92 Å². The third-order valence-corrected chi connectivity index (χ3v) is 15.6. The molecule has 242 valence electrons. The quantitative estimate of drug-likeness (QED) is 0.333. The van der Waals surface area contributed by atoms with Crippen LogP contribution < -0.4 is 30.4 Å². The smallest absolute Gasteiger partial charge is 0.261 e. The predicted molar refractivity (Wildman–Crippen MR) is 182 cm³/mol. The van der Waals surface area contributed by atoms with E-state index in [-0.39, 0.29) is 36.0 Å². The summed E-state index contributed by atoms with van der Waals surface area (Å²) in [6, 6.07) is 24.3. The minimum Gasteiger partial charge on any atom is -0.497 e. The number of carbonyl (C=O) groups is 2. The standard InChI is InChI=1S/C36H44N4O5Si/c1-24-32(46(3,4)28-13-11-27(44-2)12-14-28)31(16-21-41)45-36(24)29-22-26(10-15-30(29)38-33(36)42)39-23-40(25-8-6-5-7-9-25)35(34(39)43)17-19-37-20-18-35/h5-15,22,24,31-32,37,41H,16-21,23H2,1-4H3,(H,38,42)/t24-,31+,32-,36+/m0/s1. The zero-order valence-corrected chi connectivity index (χ0v) is 28.1. The van der Waals surface area contributed by atoms with E-state index in [0.29, 0.717) is 13.1 Å². The molecule has 7 rings (SSSR count). The molecule has 0 aromatic heterocycles. The second-order valence-corrected chi connectivity index (χ2v) is 18.5. The van der Waals surface area contributed by atoms with Crippen molar-refractivity contribution in [3.63, 3.8) is 0 Å². The van der Waals surface area contributed by atoms with E-state index in [2.05, 4.69) is 59.8 Å². The van der Waals surface area contributed by atoms with Crippen LogP contribution >= 0.6 is 0 Å². The summed E-state index contributed by atoms with van der Waals surface area (Å²) < 4.78 is 12.3. The number of anilines is 3. The Kier molecular flexibility index (Phi) is 7.74. The summed E-state index contributed by atoms with van der Waals surface area (Å²) in [4.78, 5) is 32.7. The Morgan fingerprint density at radius 2 is 1.72 bits per heavy atom. The van der Waals surface area contributed by atoms with Crippen LogP contribution in [0.25, 0.3) is 0 Å². The third kappa shape index (κ3) is 4.52. The molecule has 3 fully saturated rings. The highest BCUT2D eigenvalue weighted by atomic mass is 28.3. The highest BCUT2D eigenvalue weighted by Gasteiger charge is 2.65. The Balaban J connectivity index is 1.28. The Hall–Kier alpha value is -3.70. The van der Waals surface area contributed by atoms with Crippen molar-refractivity contribution in [3.05, 3.63) is 78.4 Å². The van der Waals surface area contributed by atoms with Crippen LogP contribution in [0.5, 0.6) is 5.75 Å². The largest absolute Gasteiger partial charge is 0.497 e. The zero-order valence-electron chi connectivity index (χ0n) is 27.1. The first-order valence-corrected chi connectivity index (χ1v) is 19.5. The second-order valence-electron chi connectivity index (χ2n) is 13.8. The second kappa shape index (κ2) is 11.5. The number of ether oxygens (including phenoxy) is 2. The lowest BCUT2D eigenvalue weighted by Crippen LogP contribution is -2.55. The monoisotopic (exact) mass is 640 g/mol. The number of carbonyl (C=O) groups excluding carboxylic acids is 2. The van der Waals surface area contributed by atoms with E-state index < -0.39 is 19.2 Å². The van der Waals surface area contributed by atoms with E-state index in [1.54, 1.807) is 7.11 Å². The summed E-state index contributed by atoms with van der Waals surface area (Å²) in [6.45, 7) is 8.74. The number of fused-ring (bicyclic) bond motifs is 2. The van der Waals surface area contributed by atoms with Crippen molar-refractivity contribution in [1.82, 2.24) is 5.32 Å². The molecular formula is C36H44N4O5Si. The number of nitrogens with zero attached hydrogens (tertiary/aromatic N) is 2. The number of aliphatic hydroxyl groups excluding tert-OH is 1. The van der Waals surface area contributed by atoms with Crippen molar-refractivity contribution in [2.75, 3.05) is 48.6 Å². The molecule has 4 aliphatic heterocycles. The molecule has 3 aromatic carbocycles. The molecule has 4 aliphatic rings. The fourth-order valence-corrected chi connectivity index (χ4v) is 12.9. The summed E-state index contributed by atoms with van der Waals surface area (Å²) in [5, 5.41) is 17.9. The van der Waals surface area contributed by atoms with Crippen LogP contribution in [0.3, 0.4) is 0 Å². The van der Waals surface area contributed by atoms with Crippen LogP contribution in [0.2, 0.25) is 18.6 Å². The van der Waals surface area contributed by atoms with Gasteiger partial charge in [-0.2, -0.15) is 0 Å². The Morgan fingerprint density at radius 1 is 1.00 bits per heavy atom. The van der Waals surface area contributed by atoms with Gasteiger partial charge in [0.2, 0.25) is 0 Å². The van der Waals surface area contributed by atoms with Gasteiger partial charge in [-0.25, -0.2) is 0 Å². The molecule has 0 saturated carbocycles. The van der Waals surface area contributed by atoms with Crippen LogP contribution in [0, 0.1) is 5.92 Å². The van der Waals surface area contributed by atoms with Gasteiger partial charge in [0.1, 0.15) is 11.3 Å². The molecule has 3 saturated heterocycles. The molecule has 10 heteroatoms. The normalized spacial score (nSPS) is 27.0. The van der Waals surface area contributed by atoms with Gasteiger partial charge in [-0.15, -0.1) is 0 Å². The SMILES string of the molecule is COc1ccc([Si](C)(C)[C@@H]2[C@@H](CCO)O[C@]3(C(=O)Nc4ccc(N5CN(c6ccccc6)C6(CCNCC6)C5=O)cc43)[C@H]2C)cc1. The lowest BCUT2D eigenvalue weighted by Gasteiger charge is -2.39. The highest BCUT2D eigenvalue weighted by Crippen LogP contribution is 2.59. The van der Waals surface area contributed by atoms with Gasteiger partial charge < -0.3 is 30.1 Å². The Labute approximate surface area is 271 Å². The maximum Gasteiger partial charge on any atom is 0.261 e. The number of benzene rings is 3. The van der Waals surface area contributed by atoms with Crippen LogP contribution in [0.4, 0.5) is 17.1 Å². The first-order chi connectivity index (χ1) is 22.2. The summed E-state index contributed by atoms with van der Waals surface area (Å²) in [5.74, 6) is 0.548. The van der Waals surface area contributed by atoms with Crippen molar-refractivity contribution < 1.29 is 24.2 Å². The van der Waals surface area contributed by atoms with Crippen LogP contribution in [-0.2, 0) is 19.9 Å². The molecule has 2 amide bonds. The Bertz CT molecular complexity index is 1630. The number of nitrogens with one attached hydrogen (secondary N) is 2. The van der Waals surface area contributed by atoms with Gasteiger partial charge in [0.25, 0.3) is 11.8 Å². The molecule has 0 aliphatic carbocycles. The topological polar surface area (TPSA) is 103 Å². The van der Waals surface area contributed by atoms with Crippen molar-refractivity contribution >= 4 is 42.1 Å². The first-order valence-electron chi connectivity index (χ1n) is 16.4. The number of hydrogen-bond acceptors (Lipinski definition) is 7. The van der Waals surface area contributed by atoms with Crippen LogP contribution in [0.1, 0.15) is 31.7 Å². The molecule has 0 radical (unpaired) electrons. The number of aliphatic hydroxyl groups is 1. The summed E-state index contributed by atoms with van der Waals surface area (Å²) in [7, 11) is -0.599. The lowest BCUT2D eigenvalue weighted by atomic mass is 9.82. The maximum absolute atomic E-state index is 14.4. The molecule has 4 atom stereocenters. The van der Waals surface area contributed by atoms with E-state index in [9.17, 15) is 14.7 Å². The van der Waals surface area contributed by atoms with Gasteiger partial charge in [-0.05, 0) is 80.4 Å². The van der Waals surface area contributed by atoms with Crippen molar-refractivity contribution in [1.29, 1.82) is 0 Å². The van der Waals surface area contributed by atoms with E-state index in [1.807, 2.05) is 53.4 Å². The fourth-order valence-electron chi connectivity index (χ4n) is 8.85. The summed E-state index contributed by atoms with van der Waals surface area (Å²) >= 11 is 0. The van der Waals surface area contributed by atoms with Crippen molar-refractivity contribution in [3.8, 4) is 5.75 Å². The van der Waals surface area contributed by atoms with Gasteiger partial charge >= 0.3 is 0 Å². The first kappa shape index (κ1) is 30.9. The summed E-state index contributed by atoms with van der Waals surface area (Å²) in [5.41, 5.74) is 1.49. The zero-order chi connectivity index (χ0) is 32.3. The molecule has 0 unspecified atom stereocenters. The number of methoxy groups -OCH3 is 1. The van der Waals surface area contributed by atoms with E-state index in [1.165, 1.54) is 5.19 Å². The third-order valence-electron chi connectivity index (χ3n) is 11.2. The van der Waals surface area contributed by atoms with Crippen LogP contribution in [0.15, 0.2) is 72.8 Å². The molecule has 3 N–H and O–H groups in total. The summed E-state index contributed by atoms with van der Waals surface area (Å²) in [6.07, 6.45) is 1.59. The number of rotatable bonds is 7. The average Bonchev–Trinajstić information content (AvgIpc) is 3.64. The molecule has 46 heavy (non-hydrogen) atoms. The van der Waals surface area contributed by atoms with Gasteiger partial charge in [0.15, 0.2) is 5.60 Å². The van der Waals surface area contributed by atoms with Crippen LogP contribution in [-0.4, -0.2) is 70.1 Å². The number of para-hydroxylation sites is 1. The fraction of sp³-hybridized carbons (Fsp3) is 0.444. The van der Waals surface area contributed by atoms with Gasteiger partial charge in [-0.1, -0.05) is 55.5 Å². The van der Waals surface area contributed by atoms with Gasteiger partial charge in [0, 0.05) is 35.2 Å². The van der Waals surface area contributed by atoms with Gasteiger partial charge in [0.05, 0.1) is 28.0 Å². The predicted octanol–water partition coefficient (Wildman–Crippen LogP) is 4.18. The molecule has 3 aromatic rings. The molecular weight excluding hydrogens is 597 g/mol. The molecule has 0 bridgehead atoms. The molecule has 2 spiro atoms. The molecule has 9 nitrogen and oxygen atoms in total. The number of piperidine rings is 1. The van der Waals surface area contributed by atoms with E-state index >= 15 is 0 Å². The van der Waals surface area contributed by atoms with Gasteiger partial charge in [-0.3, -0.25) is 14.5 Å². The lowest BCUT2D eigenvalue weighted by molar-refractivity contribution is -0.143. The van der Waals surface area contributed by atoms with E-state index in [0.717, 1.165) is 54.3 Å². The average molecular weight is 641 g/mol.